The number of fused-ring (bicyclic) bond motifs is 1. The minimum absolute atomic E-state index is 0.0629. The van der Waals surface area contributed by atoms with Gasteiger partial charge in [0.05, 0.1) is 7.11 Å². The van der Waals surface area contributed by atoms with Crippen molar-refractivity contribution in [3.05, 3.63) is 59.2 Å². The number of nitrogens with zero attached hydrogens (tertiary/aromatic N) is 1. The lowest BCUT2D eigenvalue weighted by atomic mass is 10.0. The van der Waals surface area contributed by atoms with E-state index in [1.807, 2.05) is 48.2 Å². The topological polar surface area (TPSA) is 29.5 Å². The van der Waals surface area contributed by atoms with Gasteiger partial charge in [0.1, 0.15) is 5.75 Å². The summed E-state index contributed by atoms with van der Waals surface area (Å²) >= 11 is 0. The number of hydrogen-bond acceptors (Lipinski definition) is 2. The molecule has 0 radical (unpaired) electrons. The van der Waals surface area contributed by atoms with Crippen LogP contribution in [0, 0.1) is 6.92 Å². The van der Waals surface area contributed by atoms with Gasteiger partial charge < -0.3 is 9.64 Å². The maximum atomic E-state index is 12.8. The molecule has 1 amide bonds. The molecular formula is C18H19NO2. The van der Waals surface area contributed by atoms with Gasteiger partial charge in [-0.05, 0) is 55.2 Å². The largest absolute Gasteiger partial charge is 0.496 e. The average Bonchev–Trinajstić information content (AvgIpc) is 2.53. The monoisotopic (exact) mass is 281 g/mol. The summed E-state index contributed by atoms with van der Waals surface area (Å²) in [5, 5.41) is 0. The maximum absolute atomic E-state index is 12.8. The molecule has 3 nitrogen and oxygen atoms in total. The second-order valence-electron chi connectivity index (χ2n) is 5.37. The van der Waals surface area contributed by atoms with Crippen molar-refractivity contribution in [1.29, 1.82) is 0 Å². The van der Waals surface area contributed by atoms with Crippen LogP contribution < -0.4 is 9.64 Å². The van der Waals surface area contributed by atoms with Crippen LogP contribution in [0.5, 0.6) is 5.75 Å². The molecule has 0 fully saturated rings. The van der Waals surface area contributed by atoms with Crippen molar-refractivity contribution in [2.24, 2.45) is 0 Å². The lowest BCUT2D eigenvalue weighted by Crippen LogP contribution is -2.35. The molecule has 0 aliphatic carbocycles. The van der Waals surface area contributed by atoms with Gasteiger partial charge in [-0.25, -0.2) is 0 Å². The van der Waals surface area contributed by atoms with Crippen molar-refractivity contribution in [3.8, 4) is 5.75 Å². The van der Waals surface area contributed by atoms with Crippen molar-refractivity contribution in [3.63, 3.8) is 0 Å². The number of hydrogen-bond donors (Lipinski definition) is 0. The smallest absolute Gasteiger partial charge is 0.258 e. The van der Waals surface area contributed by atoms with Crippen LogP contribution in [0.3, 0.4) is 0 Å². The van der Waals surface area contributed by atoms with Gasteiger partial charge in [-0.15, -0.1) is 0 Å². The van der Waals surface area contributed by atoms with Crippen molar-refractivity contribution in [2.75, 3.05) is 18.6 Å². The Labute approximate surface area is 125 Å². The Balaban J connectivity index is 1.95. The van der Waals surface area contributed by atoms with E-state index in [9.17, 15) is 4.79 Å². The van der Waals surface area contributed by atoms with Gasteiger partial charge in [-0.3, -0.25) is 4.79 Å². The van der Waals surface area contributed by atoms with E-state index < -0.39 is 0 Å². The molecule has 3 rings (SSSR count). The molecular weight excluding hydrogens is 262 g/mol. The molecule has 0 atom stereocenters. The summed E-state index contributed by atoms with van der Waals surface area (Å²) in [6.45, 7) is 2.74. The quantitative estimate of drug-likeness (QED) is 0.841. The second kappa shape index (κ2) is 5.60. The highest BCUT2D eigenvalue weighted by atomic mass is 16.5. The fourth-order valence-corrected chi connectivity index (χ4v) is 2.91. The molecule has 3 heteroatoms. The highest BCUT2D eigenvalue weighted by molar-refractivity contribution is 6.07. The van der Waals surface area contributed by atoms with E-state index in [-0.39, 0.29) is 5.91 Å². The number of aryl methyl sites for hydroxylation is 2. The highest BCUT2D eigenvalue weighted by Gasteiger charge is 2.23. The predicted molar refractivity (Wildman–Crippen MR) is 84.2 cm³/mol. The van der Waals surface area contributed by atoms with Gasteiger partial charge >= 0.3 is 0 Å². The van der Waals surface area contributed by atoms with E-state index in [2.05, 4.69) is 6.07 Å². The Morgan fingerprint density at radius 1 is 1.19 bits per heavy atom. The SMILES string of the molecule is COc1ccc(C(=O)N2CCCc3ccccc32)cc1C. The number of benzene rings is 2. The lowest BCUT2D eigenvalue weighted by Gasteiger charge is -2.29. The molecule has 1 aliphatic rings. The van der Waals surface area contributed by atoms with Gasteiger partial charge in [0.25, 0.3) is 5.91 Å². The van der Waals surface area contributed by atoms with Crippen LogP contribution in [0.25, 0.3) is 0 Å². The number of carbonyl (C=O) groups excluding carboxylic acids is 1. The van der Waals surface area contributed by atoms with E-state index >= 15 is 0 Å². The summed E-state index contributed by atoms with van der Waals surface area (Å²) in [6, 6.07) is 13.8. The van der Waals surface area contributed by atoms with E-state index in [0.717, 1.165) is 36.4 Å². The van der Waals surface area contributed by atoms with Crippen molar-refractivity contribution < 1.29 is 9.53 Å². The molecule has 0 aromatic heterocycles. The number of amides is 1. The van der Waals surface area contributed by atoms with E-state index in [1.165, 1.54) is 5.56 Å². The number of carbonyl (C=O) groups is 1. The van der Waals surface area contributed by atoms with Crippen LogP contribution in [-0.4, -0.2) is 19.6 Å². The summed E-state index contributed by atoms with van der Waals surface area (Å²) in [4.78, 5) is 14.7. The minimum Gasteiger partial charge on any atom is -0.496 e. The highest BCUT2D eigenvalue weighted by Crippen LogP contribution is 2.29. The van der Waals surface area contributed by atoms with Crippen LogP contribution >= 0.6 is 0 Å². The molecule has 0 spiro atoms. The molecule has 1 aliphatic heterocycles. The van der Waals surface area contributed by atoms with Crippen LogP contribution in [0.1, 0.15) is 27.9 Å². The Morgan fingerprint density at radius 3 is 2.76 bits per heavy atom. The third-order valence-corrected chi connectivity index (χ3v) is 4.00. The average molecular weight is 281 g/mol. The van der Waals surface area contributed by atoms with E-state index in [1.54, 1.807) is 7.11 Å². The molecule has 0 N–H and O–H groups in total. The number of para-hydroxylation sites is 1. The number of ether oxygens (including phenoxy) is 1. The third kappa shape index (κ3) is 2.51. The minimum atomic E-state index is 0.0629. The summed E-state index contributed by atoms with van der Waals surface area (Å²) in [6.07, 6.45) is 2.06. The standard InChI is InChI=1S/C18H19NO2/c1-13-12-15(9-10-17(13)21-2)18(20)19-11-5-7-14-6-3-4-8-16(14)19/h3-4,6,8-10,12H,5,7,11H2,1-2H3. The zero-order chi connectivity index (χ0) is 14.8. The van der Waals surface area contributed by atoms with Gasteiger partial charge in [0, 0.05) is 17.8 Å². The molecule has 108 valence electrons. The first kappa shape index (κ1) is 13.7. The first-order chi connectivity index (χ1) is 10.2. The fourth-order valence-electron chi connectivity index (χ4n) is 2.91. The first-order valence-electron chi connectivity index (χ1n) is 7.25. The predicted octanol–water partition coefficient (Wildman–Crippen LogP) is 3.60. The Kier molecular flexibility index (Phi) is 3.65. The molecule has 2 aromatic rings. The Hall–Kier alpha value is -2.29. The molecule has 0 bridgehead atoms. The van der Waals surface area contributed by atoms with Crippen LogP contribution in [0.4, 0.5) is 5.69 Å². The van der Waals surface area contributed by atoms with E-state index in [0.29, 0.717) is 5.56 Å². The van der Waals surface area contributed by atoms with Crippen LogP contribution in [-0.2, 0) is 6.42 Å². The molecule has 0 saturated heterocycles. The zero-order valence-corrected chi connectivity index (χ0v) is 12.4. The van der Waals surface area contributed by atoms with Gasteiger partial charge in [-0.2, -0.15) is 0 Å². The number of rotatable bonds is 2. The van der Waals surface area contributed by atoms with Gasteiger partial charge in [0.15, 0.2) is 0 Å². The van der Waals surface area contributed by atoms with E-state index in [4.69, 9.17) is 4.74 Å². The molecule has 2 aromatic carbocycles. The normalized spacial score (nSPS) is 13.7. The number of methoxy groups -OCH3 is 1. The zero-order valence-electron chi connectivity index (χ0n) is 12.4. The maximum Gasteiger partial charge on any atom is 0.258 e. The Morgan fingerprint density at radius 2 is 2.00 bits per heavy atom. The molecule has 1 heterocycles. The number of anilines is 1. The van der Waals surface area contributed by atoms with Gasteiger partial charge in [0.2, 0.25) is 0 Å². The molecule has 0 unspecified atom stereocenters. The van der Waals surface area contributed by atoms with Crippen molar-refractivity contribution in [2.45, 2.75) is 19.8 Å². The first-order valence-corrected chi connectivity index (χ1v) is 7.25. The Bertz CT molecular complexity index is 679. The second-order valence-corrected chi connectivity index (χ2v) is 5.37. The van der Waals surface area contributed by atoms with Crippen molar-refractivity contribution in [1.82, 2.24) is 0 Å². The summed E-state index contributed by atoms with van der Waals surface area (Å²) in [5.41, 5.74) is 3.99. The fraction of sp³-hybridized carbons (Fsp3) is 0.278. The summed E-state index contributed by atoms with van der Waals surface area (Å²) in [5.74, 6) is 0.874. The van der Waals surface area contributed by atoms with Crippen molar-refractivity contribution >= 4 is 11.6 Å². The van der Waals surface area contributed by atoms with Gasteiger partial charge in [-0.1, -0.05) is 18.2 Å². The molecule has 21 heavy (non-hydrogen) atoms. The van der Waals surface area contributed by atoms with Crippen LogP contribution in [0.2, 0.25) is 0 Å². The van der Waals surface area contributed by atoms with Crippen LogP contribution in [0.15, 0.2) is 42.5 Å². The summed E-state index contributed by atoms with van der Waals surface area (Å²) in [7, 11) is 1.64. The molecule has 0 saturated carbocycles. The lowest BCUT2D eigenvalue weighted by molar-refractivity contribution is 0.0985. The third-order valence-electron chi connectivity index (χ3n) is 4.00. The summed E-state index contributed by atoms with van der Waals surface area (Å²) < 4.78 is 5.26.